The average Bonchev–Trinajstić information content (AvgIpc) is 2.39. The normalized spacial score (nSPS) is 11.9. The summed E-state index contributed by atoms with van der Waals surface area (Å²) in [5.74, 6) is 0.568. The maximum atomic E-state index is 12.0. The number of rotatable bonds is 7. The highest BCUT2D eigenvalue weighted by Gasteiger charge is 2.11. The van der Waals surface area contributed by atoms with Gasteiger partial charge in [-0.25, -0.2) is 0 Å². The molecule has 1 N–H and O–H groups in total. The van der Waals surface area contributed by atoms with E-state index in [0.717, 1.165) is 12.8 Å². The van der Waals surface area contributed by atoms with Crippen LogP contribution in [0.25, 0.3) is 0 Å². The summed E-state index contributed by atoms with van der Waals surface area (Å²) in [4.78, 5) is 12.5. The second-order valence-corrected chi connectivity index (χ2v) is 5.27. The van der Waals surface area contributed by atoms with E-state index in [-0.39, 0.29) is 5.91 Å². The number of hydrogen-bond donors (Lipinski definition) is 1. The molecule has 1 rings (SSSR count). The van der Waals surface area contributed by atoms with Gasteiger partial charge in [-0.3, -0.25) is 4.79 Å². The Morgan fingerprint density at radius 3 is 2.78 bits per heavy atom. The molecule has 100 valence electrons. The first-order chi connectivity index (χ1) is 8.69. The molecule has 0 fully saturated rings. The molecule has 0 saturated carbocycles. The number of para-hydroxylation sites is 1. The second-order valence-electron chi connectivity index (χ2n) is 3.98. The molecule has 18 heavy (non-hydrogen) atoms. The zero-order valence-electron chi connectivity index (χ0n) is 10.9. The van der Waals surface area contributed by atoms with Crippen LogP contribution in [0.5, 0.6) is 5.75 Å². The van der Waals surface area contributed by atoms with Crippen LogP contribution < -0.4 is 10.1 Å². The fourth-order valence-corrected chi connectivity index (χ4v) is 1.81. The number of ether oxygens (including phenoxy) is 1. The van der Waals surface area contributed by atoms with Gasteiger partial charge in [0.25, 0.3) is 5.91 Å². The molecule has 0 aliphatic carbocycles. The second kappa shape index (κ2) is 8.14. The minimum absolute atomic E-state index is 0.0742. The van der Waals surface area contributed by atoms with Crippen molar-refractivity contribution in [1.29, 1.82) is 0 Å². The zero-order valence-corrected chi connectivity index (χ0v) is 12.5. The van der Waals surface area contributed by atoms with E-state index in [4.69, 9.17) is 4.74 Å². The van der Waals surface area contributed by atoms with Gasteiger partial charge in [-0.05, 0) is 31.9 Å². The van der Waals surface area contributed by atoms with Gasteiger partial charge in [-0.15, -0.1) is 0 Å². The molecule has 0 radical (unpaired) electrons. The van der Waals surface area contributed by atoms with Gasteiger partial charge in [0, 0.05) is 11.4 Å². The van der Waals surface area contributed by atoms with Crippen molar-refractivity contribution in [2.24, 2.45) is 0 Å². The number of benzene rings is 1. The van der Waals surface area contributed by atoms with E-state index in [9.17, 15) is 4.79 Å². The van der Waals surface area contributed by atoms with Gasteiger partial charge in [0.05, 0.1) is 12.2 Å². The zero-order chi connectivity index (χ0) is 13.4. The van der Waals surface area contributed by atoms with Gasteiger partial charge in [0.1, 0.15) is 5.75 Å². The Hall–Kier alpha value is -1.03. The van der Waals surface area contributed by atoms with Crippen LogP contribution in [-0.2, 0) is 0 Å². The molecule has 1 aromatic rings. The standard InChI is InChI=1S/C14H20BrNO2/c1-3-11(15)9-10-16-14(17)12-7-5-6-8-13(12)18-4-2/h5-8,11H,3-4,9-10H2,1-2H3,(H,16,17). The van der Waals surface area contributed by atoms with Crippen molar-refractivity contribution >= 4 is 21.8 Å². The van der Waals surface area contributed by atoms with Crippen LogP contribution in [0.1, 0.15) is 37.0 Å². The topological polar surface area (TPSA) is 38.3 Å². The first kappa shape index (κ1) is 15.0. The van der Waals surface area contributed by atoms with Crippen LogP contribution in [0, 0.1) is 0 Å². The summed E-state index contributed by atoms with van der Waals surface area (Å²) in [5, 5.41) is 2.91. The summed E-state index contributed by atoms with van der Waals surface area (Å²) in [5.41, 5.74) is 0.599. The molecule has 0 aliphatic rings. The lowest BCUT2D eigenvalue weighted by atomic mass is 10.2. The molecular weight excluding hydrogens is 294 g/mol. The average molecular weight is 314 g/mol. The van der Waals surface area contributed by atoms with E-state index < -0.39 is 0 Å². The van der Waals surface area contributed by atoms with Gasteiger partial charge in [-0.2, -0.15) is 0 Å². The molecule has 3 nitrogen and oxygen atoms in total. The number of hydrogen-bond acceptors (Lipinski definition) is 2. The Bertz CT molecular complexity index is 382. The van der Waals surface area contributed by atoms with Crippen molar-refractivity contribution in [3.8, 4) is 5.75 Å². The maximum absolute atomic E-state index is 12.0. The smallest absolute Gasteiger partial charge is 0.255 e. The van der Waals surface area contributed by atoms with E-state index >= 15 is 0 Å². The van der Waals surface area contributed by atoms with Crippen molar-refractivity contribution in [3.63, 3.8) is 0 Å². The highest BCUT2D eigenvalue weighted by atomic mass is 79.9. The molecule has 0 saturated heterocycles. The van der Waals surface area contributed by atoms with Gasteiger partial charge in [-0.1, -0.05) is 35.0 Å². The van der Waals surface area contributed by atoms with E-state index in [0.29, 0.717) is 29.3 Å². The number of carbonyl (C=O) groups is 1. The number of amides is 1. The molecule has 0 bridgehead atoms. The lowest BCUT2D eigenvalue weighted by Gasteiger charge is -2.11. The Labute approximate surface area is 117 Å². The van der Waals surface area contributed by atoms with Crippen molar-refractivity contribution in [3.05, 3.63) is 29.8 Å². The SMILES string of the molecule is CCOc1ccccc1C(=O)NCCC(Br)CC. The number of alkyl halides is 1. The van der Waals surface area contributed by atoms with Gasteiger partial charge in [0.2, 0.25) is 0 Å². The lowest BCUT2D eigenvalue weighted by molar-refractivity contribution is 0.0949. The van der Waals surface area contributed by atoms with Crippen LogP contribution in [0.2, 0.25) is 0 Å². The molecule has 0 spiro atoms. The van der Waals surface area contributed by atoms with Crippen LogP contribution >= 0.6 is 15.9 Å². The largest absolute Gasteiger partial charge is 0.493 e. The highest BCUT2D eigenvalue weighted by Crippen LogP contribution is 2.17. The summed E-state index contributed by atoms with van der Waals surface area (Å²) in [7, 11) is 0. The minimum Gasteiger partial charge on any atom is -0.493 e. The Morgan fingerprint density at radius 1 is 1.39 bits per heavy atom. The van der Waals surface area contributed by atoms with Crippen molar-refractivity contribution in [2.45, 2.75) is 31.5 Å². The van der Waals surface area contributed by atoms with Gasteiger partial charge in [0.15, 0.2) is 0 Å². The molecular formula is C14H20BrNO2. The molecule has 0 aromatic heterocycles. The monoisotopic (exact) mass is 313 g/mol. The summed E-state index contributed by atoms with van der Waals surface area (Å²) < 4.78 is 5.44. The van der Waals surface area contributed by atoms with Crippen molar-refractivity contribution < 1.29 is 9.53 Å². The third-order valence-corrected chi connectivity index (χ3v) is 3.72. The summed E-state index contributed by atoms with van der Waals surface area (Å²) in [6.07, 6.45) is 1.99. The fraction of sp³-hybridized carbons (Fsp3) is 0.500. The Kier molecular flexibility index (Phi) is 6.80. The van der Waals surface area contributed by atoms with E-state index in [1.165, 1.54) is 0 Å². The third-order valence-electron chi connectivity index (χ3n) is 2.62. The van der Waals surface area contributed by atoms with E-state index in [2.05, 4.69) is 28.2 Å². The van der Waals surface area contributed by atoms with Crippen LogP contribution in [0.4, 0.5) is 0 Å². The Balaban J connectivity index is 2.55. The van der Waals surface area contributed by atoms with Crippen molar-refractivity contribution in [1.82, 2.24) is 5.32 Å². The maximum Gasteiger partial charge on any atom is 0.255 e. The summed E-state index contributed by atoms with van der Waals surface area (Å²) in [6.45, 7) is 5.25. The first-order valence-corrected chi connectivity index (χ1v) is 7.24. The number of carbonyl (C=O) groups excluding carboxylic acids is 1. The van der Waals surface area contributed by atoms with Gasteiger partial charge < -0.3 is 10.1 Å². The Morgan fingerprint density at radius 2 is 2.11 bits per heavy atom. The molecule has 1 unspecified atom stereocenters. The van der Waals surface area contributed by atoms with Crippen LogP contribution in [-0.4, -0.2) is 23.9 Å². The lowest BCUT2D eigenvalue weighted by Crippen LogP contribution is -2.26. The molecule has 4 heteroatoms. The summed E-state index contributed by atoms with van der Waals surface area (Å²) in [6, 6.07) is 7.31. The first-order valence-electron chi connectivity index (χ1n) is 6.33. The fourth-order valence-electron chi connectivity index (χ4n) is 1.58. The van der Waals surface area contributed by atoms with E-state index in [1.54, 1.807) is 6.07 Å². The molecule has 1 amide bonds. The number of halogens is 1. The third kappa shape index (κ3) is 4.69. The van der Waals surface area contributed by atoms with Crippen LogP contribution in [0.3, 0.4) is 0 Å². The van der Waals surface area contributed by atoms with Crippen molar-refractivity contribution in [2.75, 3.05) is 13.2 Å². The summed E-state index contributed by atoms with van der Waals surface area (Å²) >= 11 is 3.55. The van der Waals surface area contributed by atoms with E-state index in [1.807, 2.05) is 25.1 Å². The minimum atomic E-state index is -0.0742. The molecule has 1 atom stereocenters. The quantitative estimate of drug-likeness (QED) is 0.784. The van der Waals surface area contributed by atoms with Crippen LogP contribution in [0.15, 0.2) is 24.3 Å². The predicted octanol–water partition coefficient (Wildman–Crippen LogP) is 3.38. The predicted molar refractivity (Wildman–Crippen MR) is 77.6 cm³/mol. The molecule has 0 heterocycles. The number of nitrogens with one attached hydrogen (secondary N) is 1. The molecule has 0 aliphatic heterocycles. The highest BCUT2D eigenvalue weighted by molar-refractivity contribution is 9.09. The van der Waals surface area contributed by atoms with Gasteiger partial charge >= 0.3 is 0 Å². The molecule has 1 aromatic carbocycles.